The second-order valence-electron chi connectivity index (χ2n) is 5.83. The number of halogens is 3. The summed E-state index contributed by atoms with van der Waals surface area (Å²) in [6, 6.07) is 6.14. The van der Waals surface area contributed by atoms with Gasteiger partial charge in [0.05, 0.1) is 11.2 Å². The molecule has 0 bridgehead atoms. The molecule has 8 heteroatoms. The van der Waals surface area contributed by atoms with E-state index >= 15 is 0 Å². The number of nitrogens with zero attached hydrogens (tertiary/aromatic N) is 3. The number of rotatable bonds is 5. The SMILES string of the molecule is Cc1cc(Cl)ccc1N1CCN(CCOc2scnc2C)CC1.Cl.Cl. The average Bonchev–Trinajstić information content (AvgIpc) is 2.94. The highest BCUT2D eigenvalue weighted by Crippen LogP contribution is 2.25. The fourth-order valence-corrected chi connectivity index (χ4v) is 3.79. The summed E-state index contributed by atoms with van der Waals surface area (Å²) < 4.78 is 5.81. The Kier molecular flexibility index (Phi) is 9.32. The normalized spacial score (nSPS) is 14.6. The summed E-state index contributed by atoms with van der Waals surface area (Å²) in [6.07, 6.45) is 0. The second kappa shape index (κ2) is 10.4. The summed E-state index contributed by atoms with van der Waals surface area (Å²) in [5.74, 6) is 0. The Bertz CT molecular complexity index is 660. The Morgan fingerprint density at radius 2 is 1.88 bits per heavy atom. The van der Waals surface area contributed by atoms with Crippen molar-refractivity contribution in [2.75, 3.05) is 44.2 Å². The van der Waals surface area contributed by atoms with Gasteiger partial charge in [0.15, 0.2) is 5.06 Å². The molecule has 140 valence electrons. The lowest BCUT2D eigenvalue weighted by Gasteiger charge is -2.36. The van der Waals surface area contributed by atoms with E-state index in [4.69, 9.17) is 16.3 Å². The lowest BCUT2D eigenvalue weighted by molar-refractivity contribution is 0.202. The molecule has 1 saturated heterocycles. The van der Waals surface area contributed by atoms with Gasteiger partial charge in [-0.05, 0) is 37.6 Å². The molecule has 1 aliphatic heterocycles. The molecule has 0 aliphatic carbocycles. The Morgan fingerprint density at radius 1 is 1.16 bits per heavy atom. The van der Waals surface area contributed by atoms with Crippen LogP contribution in [0.3, 0.4) is 0 Å². The number of aryl methyl sites for hydroxylation is 2. The molecule has 1 aliphatic rings. The van der Waals surface area contributed by atoms with Crippen molar-refractivity contribution >= 4 is 53.4 Å². The zero-order chi connectivity index (χ0) is 16.2. The number of ether oxygens (including phenoxy) is 1. The maximum absolute atomic E-state index is 6.05. The van der Waals surface area contributed by atoms with Crippen LogP contribution in [-0.4, -0.2) is 49.2 Å². The van der Waals surface area contributed by atoms with Crippen molar-refractivity contribution in [1.29, 1.82) is 0 Å². The van der Waals surface area contributed by atoms with Crippen molar-refractivity contribution in [2.24, 2.45) is 0 Å². The third-order valence-corrected chi connectivity index (χ3v) is 5.29. The van der Waals surface area contributed by atoms with E-state index in [9.17, 15) is 0 Å². The van der Waals surface area contributed by atoms with Gasteiger partial charge in [-0.1, -0.05) is 22.9 Å². The Balaban J connectivity index is 0.00000156. The summed E-state index contributed by atoms with van der Waals surface area (Å²) in [5.41, 5.74) is 5.36. The van der Waals surface area contributed by atoms with E-state index in [0.717, 1.165) is 55.1 Å². The summed E-state index contributed by atoms with van der Waals surface area (Å²) in [6.45, 7) is 10.0. The second-order valence-corrected chi connectivity index (χ2v) is 7.09. The molecule has 0 radical (unpaired) electrons. The van der Waals surface area contributed by atoms with Crippen molar-refractivity contribution in [2.45, 2.75) is 13.8 Å². The number of thiazole rings is 1. The van der Waals surface area contributed by atoms with Gasteiger partial charge < -0.3 is 9.64 Å². The van der Waals surface area contributed by atoms with Crippen LogP contribution in [0.1, 0.15) is 11.3 Å². The minimum absolute atomic E-state index is 0. The number of piperazine rings is 1. The van der Waals surface area contributed by atoms with E-state index in [0.29, 0.717) is 0 Å². The van der Waals surface area contributed by atoms with Gasteiger partial charge >= 0.3 is 0 Å². The van der Waals surface area contributed by atoms with Crippen LogP contribution < -0.4 is 9.64 Å². The number of benzene rings is 1. The number of hydrogen-bond acceptors (Lipinski definition) is 5. The van der Waals surface area contributed by atoms with E-state index in [1.807, 2.05) is 24.6 Å². The molecule has 1 aromatic heterocycles. The smallest absolute Gasteiger partial charge is 0.196 e. The number of aromatic nitrogens is 1. The molecular formula is C17H24Cl3N3OS. The summed E-state index contributed by atoms with van der Waals surface area (Å²) >= 11 is 7.61. The molecular weight excluding hydrogens is 401 g/mol. The van der Waals surface area contributed by atoms with Crippen molar-refractivity contribution in [1.82, 2.24) is 9.88 Å². The van der Waals surface area contributed by atoms with E-state index in [2.05, 4.69) is 27.8 Å². The lowest BCUT2D eigenvalue weighted by atomic mass is 10.1. The largest absolute Gasteiger partial charge is 0.481 e. The quantitative estimate of drug-likeness (QED) is 0.708. The van der Waals surface area contributed by atoms with Crippen LogP contribution in [-0.2, 0) is 0 Å². The van der Waals surface area contributed by atoms with Gasteiger partial charge in [0.2, 0.25) is 0 Å². The summed E-state index contributed by atoms with van der Waals surface area (Å²) in [5, 5.41) is 1.75. The van der Waals surface area contributed by atoms with Gasteiger partial charge in [0, 0.05) is 43.4 Å². The van der Waals surface area contributed by atoms with E-state index in [1.54, 1.807) is 11.3 Å². The first-order valence-electron chi connectivity index (χ1n) is 7.90. The molecule has 3 rings (SSSR count). The third-order valence-electron chi connectivity index (χ3n) is 4.21. The monoisotopic (exact) mass is 423 g/mol. The predicted octanol–water partition coefficient (Wildman–Crippen LogP) is 4.46. The lowest BCUT2D eigenvalue weighted by Crippen LogP contribution is -2.47. The van der Waals surface area contributed by atoms with E-state index in [1.165, 1.54) is 11.3 Å². The van der Waals surface area contributed by atoms with E-state index in [-0.39, 0.29) is 24.8 Å². The highest BCUT2D eigenvalue weighted by Gasteiger charge is 2.18. The van der Waals surface area contributed by atoms with Crippen molar-refractivity contribution in [3.8, 4) is 5.06 Å². The topological polar surface area (TPSA) is 28.6 Å². The molecule has 0 spiro atoms. The third kappa shape index (κ3) is 5.90. The van der Waals surface area contributed by atoms with E-state index < -0.39 is 0 Å². The molecule has 0 N–H and O–H groups in total. The van der Waals surface area contributed by atoms with Gasteiger partial charge in [0.25, 0.3) is 0 Å². The zero-order valence-corrected chi connectivity index (χ0v) is 17.6. The zero-order valence-electron chi connectivity index (χ0n) is 14.4. The van der Waals surface area contributed by atoms with Crippen molar-refractivity contribution in [3.63, 3.8) is 0 Å². The molecule has 4 nitrogen and oxygen atoms in total. The first-order chi connectivity index (χ1) is 11.1. The van der Waals surface area contributed by atoms with Crippen LogP contribution in [0.4, 0.5) is 5.69 Å². The first kappa shape index (κ1) is 22.3. The molecule has 1 aromatic carbocycles. The van der Waals surface area contributed by atoms with Crippen molar-refractivity contribution in [3.05, 3.63) is 40.0 Å². The number of hydrogen-bond donors (Lipinski definition) is 0. The molecule has 25 heavy (non-hydrogen) atoms. The molecule has 0 saturated carbocycles. The highest BCUT2D eigenvalue weighted by molar-refractivity contribution is 7.11. The average molecular weight is 425 g/mol. The van der Waals surface area contributed by atoms with Gasteiger partial charge in [-0.2, -0.15) is 0 Å². The maximum atomic E-state index is 6.05. The van der Waals surface area contributed by atoms with Crippen LogP contribution in [0.15, 0.2) is 23.7 Å². The fourth-order valence-electron chi connectivity index (χ4n) is 2.88. The molecule has 1 fully saturated rings. The summed E-state index contributed by atoms with van der Waals surface area (Å²) in [7, 11) is 0. The predicted molar refractivity (Wildman–Crippen MR) is 112 cm³/mol. The maximum Gasteiger partial charge on any atom is 0.196 e. The van der Waals surface area contributed by atoms with Crippen LogP contribution in [0.25, 0.3) is 0 Å². The van der Waals surface area contributed by atoms with Gasteiger partial charge in [-0.3, -0.25) is 4.90 Å². The van der Waals surface area contributed by atoms with Crippen LogP contribution in [0.2, 0.25) is 5.02 Å². The highest BCUT2D eigenvalue weighted by atomic mass is 35.5. The molecule has 0 atom stereocenters. The van der Waals surface area contributed by atoms with Gasteiger partial charge in [-0.15, -0.1) is 24.8 Å². The summed E-state index contributed by atoms with van der Waals surface area (Å²) in [4.78, 5) is 9.10. The molecule has 0 unspecified atom stereocenters. The minimum atomic E-state index is 0. The Morgan fingerprint density at radius 3 is 2.48 bits per heavy atom. The van der Waals surface area contributed by atoms with Gasteiger partial charge in [0.1, 0.15) is 6.61 Å². The van der Waals surface area contributed by atoms with Gasteiger partial charge in [-0.25, -0.2) is 4.98 Å². The van der Waals surface area contributed by atoms with Crippen LogP contribution in [0, 0.1) is 13.8 Å². The number of anilines is 1. The molecule has 2 aromatic rings. The standard InChI is InChI=1S/C17H22ClN3OS.2ClH/c1-13-11-15(18)3-4-16(13)21-7-5-20(6-8-21)9-10-22-17-14(2)19-12-23-17;;/h3-4,11-12H,5-10H2,1-2H3;2*1H. The van der Waals surface area contributed by atoms with Crippen LogP contribution in [0.5, 0.6) is 5.06 Å². The van der Waals surface area contributed by atoms with Crippen molar-refractivity contribution < 1.29 is 4.74 Å². The Hall–Kier alpha value is -0.720. The first-order valence-corrected chi connectivity index (χ1v) is 9.15. The molecule has 2 heterocycles. The van der Waals surface area contributed by atoms with Crippen LogP contribution >= 0.6 is 47.8 Å². The Labute approximate surface area is 171 Å². The fraction of sp³-hybridized carbons (Fsp3) is 0.471. The molecule has 0 amide bonds. The minimum Gasteiger partial charge on any atom is -0.481 e.